The number of hydrogen-bond acceptors (Lipinski definition) is 2. The van der Waals surface area contributed by atoms with Crippen molar-refractivity contribution in [1.82, 2.24) is 5.43 Å². The van der Waals surface area contributed by atoms with Gasteiger partial charge in [-0.2, -0.15) is 13.2 Å². The molecule has 2 nitrogen and oxygen atoms in total. The summed E-state index contributed by atoms with van der Waals surface area (Å²) in [5, 5.41) is 0.214. The zero-order chi connectivity index (χ0) is 15.6. The van der Waals surface area contributed by atoms with Gasteiger partial charge in [0.2, 0.25) is 0 Å². The molecule has 0 heterocycles. The van der Waals surface area contributed by atoms with Crippen LogP contribution in [0.3, 0.4) is 0 Å². The van der Waals surface area contributed by atoms with Gasteiger partial charge in [-0.15, -0.1) is 0 Å². The molecule has 0 aromatic heterocycles. The largest absolute Gasteiger partial charge is 0.392 e. The molecule has 1 aliphatic rings. The molecule has 3 N–H and O–H groups in total. The molecule has 1 aliphatic carbocycles. The minimum atomic E-state index is -4.29. The molecule has 0 amide bonds. The Kier molecular flexibility index (Phi) is 5.11. The van der Waals surface area contributed by atoms with E-state index in [0.29, 0.717) is 19.3 Å². The van der Waals surface area contributed by atoms with Crippen LogP contribution in [0.4, 0.5) is 17.6 Å². The molecule has 21 heavy (non-hydrogen) atoms. The number of rotatable bonds is 3. The van der Waals surface area contributed by atoms with Crippen molar-refractivity contribution in [3.8, 4) is 0 Å². The van der Waals surface area contributed by atoms with Gasteiger partial charge in [-0.1, -0.05) is 24.4 Å². The Bertz CT molecular complexity index is 492. The third-order valence-electron chi connectivity index (χ3n) is 4.14. The summed E-state index contributed by atoms with van der Waals surface area (Å²) >= 11 is 6.01. The number of nitrogens with two attached hydrogens (primary N) is 1. The van der Waals surface area contributed by atoms with Crippen LogP contribution in [0.2, 0.25) is 5.02 Å². The Morgan fingerprint density at radius 1 is 1.24 bits per heavy atom. The first-order valence-electron chi connectivity index (χ1n) is 6.82. The summed E-state index contributed by atoms with van der Waals surface area (Å²) < 4.78 is 53.0. The Morgan fingerprint density at radius 3 is 2.52 bits per heavy atom. The maximum Gasteiger partial charge on any atom is 0.392 e. The van der Waals surface area contributed by atoms with Gasteiger partial charge in [0.05, 0.1) is 12.0 Å². The lowest BCUT2D eigenvalue weighted by molar-refractivity contribution is -0.199. The predicted octanol–water partition coefficient (Wildman–Crippen LogP) is 4.35. The molecule has 0 spiro atoms. The van der Waals surface area contributed by atoms with Crippen LogP contribution in [0.1, 0.15) is 37.3 Å². The van der Waals surface area contributed by atoms with Crippen LogP contribution in [-0.4, -0.2) is 6.18 Å². The Balaban J connectivity index is 2.36. The number of halogens is 5. The molecule has 3 atom stereocenters. The smallest absolute Gasteiger partial charge is 0.271 e. The molecular formula is C14H17ClF4N2. The highest BCUT2D eigenvalue weighted by molar-refractivity contribution is 6.31. The minimum absolute atomic E-state index is 0.0687. The number of hydrazine groups is 1. The van der Waals surface area contributed by atoms with Crippen LogP contribution >= 0.6 is 11.6 Å². The van der Waals surface area contributed by atoms with Crippen molar-refractivity contribution in [1.29, 1.82) is 0 Å². The van der Waals surface area contributed by atoms with Gasteiger partial charge in [-0.3, -0.25) is 11.3 Å². The van der Waals surface area contributed by atoms with Gasteiger partial charge >= 0.3 is 6.18 Å². The van der Waals surface area contributed by atoms with Gasteiger partial charge in [0.1, 0.15) is 5.82 Å². The van der Waals surface area contributed by atoms with Gasteiger partial charge in [0.15, 0.2) is 0 Å². The van der Waals surface area contributed by atoms with Gasteiger partial charge in [0, 0.05) is 5.02 Å². The summed E-state index contributed by atoms with van der Waals surface area (Å²) in [5.41, 5.74) is 2.69. The second kappa shape index (κ2) is 6.50. The number of alkyl halides is 3. The third-order valence-corrected chi connectivity index (χ3v) is 4.48. The van der Waals surface area contributed by atoms with Crippen molar-refractivity contribution in [3.05, 3.63) is 34.6 Å². The van der Waals surface area contributed by atoms with E-state index in [9.17, 15) is 17.6 Å². The maximum absolute atomic E-state index is 13.4. The molecule has 1 aromatic carbocycles. The molecule has 3 unspecified atom stereocenters. The van der Waals surface area contributed by atoms with E-state index in [1.807, 2.05) is 0 Å². The molecule has 0 bridgehead atoms. The van der Waals surface area contributed by atoms with Crippen molar-refractivity contribution < 1.29 is 17.6 Å². The fraction of sp³-hybridized carbons (Fsp3) is 0.571. The molecule has 2 rings (SSSR count). The Labute approximate surface area is 125 Å². The van der Waals surface area contributed by atoms with Crippen molar-refractivity contribution in [2.24, 2.45) is 17.7 Å². The molecule has 0 saturated heterocycles. The highest BCUT2D eigenvalue weighted by Crippen LogP contribution is 2.47. The van der Waals surface area contributed by atoms with E-state index in [1.54, 1.807) is 0 Å². The van der Waals surface area contributed by atoms with Crippen molar-refractivity contribution in [2.75, 3.05) is 0 Å². The lowest BCUT2D eigenvalue weighted by Crippen LogP contribution is -2.43. The van der Waals surface area contributed by atoms with Crippen molar-refractivity contribution in [2.45, 2.75) is 37.9 Å². The van der Waals surface area contributed by atoms with E-state index >= 15 is 0 Å². The van der Waals surface area contributed by atoms with Crippen molar-refractivity contribution in [3.63, 3.8) is 0 Å². The van der Waals surface area contributed by atoms with E-state index in [1.165, 1.54) is 12.1 Å². The second-order valence-corrected chi connectivity index (χ2v) is 5.81. The predicted molar refractivity (Wildman–Crippen MR) is 73.0 cm³/mol. The van der Waals surface area contributed by atoms with Gasteiger partial charge in [-0.25, -0.2) is 4.39 Å². The van der Waals surface area contributed by atoms with Crippen molar-refractivity contribution >= 4 is 11.6 Å². The number of nitrogens with one attached hydrogen (secondary N) is 1. The Hall–Kier alpha value is -0.850. The van der Waals surface area contributed by atoms with Gasteiger partial charge in [0.25, 0.3) is 0 Å². The number of benzene rings is 1. The summed E-state index contributed by atoms with van der Waals surface area (Å²) in [6.45, 7) is 0. The average Bonchev–Trinajstić information content (AvgIpc) is 2.43. The van der Waals surface area contributed by atoms with E-state index in [4.69, 9.17) is 17.4 Å². The Morgan fingerprint density at radius 2 is 1.90 bits per heavy atom. The second-order valence-electron chi connectivity index (χ2n) is 5.41. The SMILES string of the molecule is NNC(c1cc(F)ccc1Cl)C1CCCCC1C(F)(F)F. The molecule has 0 aliphatic heterocycles. The lowest BCUT2D eigenvalue weighted by Gasteiger charge is -2.38. The summed E-state index contributed by atoms with van der Waals surface area (Å²) in [6, 6.07) is 2.83. The third kappa shape index (κ3) is 3.67. The highest BCUT2D eigenvalue weighted by Gasteiger charge is 2.48. The molecule has 118 valence electrons. The summed E-state index contributed by atoms with van der Waals surface area (Å²) in [6.07, 6.45) is -2.61. The molecule has 7 heteroatoms. The first-order valence-corrected chi connectivity index (χ1v) is 7.20. The van der Waals surface area contributed by atoms with Crippen LogP contribution in [-0.2, 0) is 0 Å². The van der Waals surface area contributed by atoms with Gasteiger partial charge < -0.3 is 0 Å². The van der Waals surface area contributed by atoms with E-state index in [2.05, 4.69) is 5.43 Å². The van der Waals surface area contributed by atoms with E-state index in [0.717, 1.165) is 6.07 Å². The topological polar surface area (TPSA) is 38.0 Å². The highest BCUT2D eigenvalue weighted by atomic mass is 35.5. The van der Waals surface area contributed by atoms with E-state index < -0.39 is 29.9 Å². The van der Waals surface area contributed by atoms with Crippen LogP contribution < -0.4 is 11.3 Å². The molecule has 1 aromatic rings. The summed E-state index contributed by atoms with van der Waals surface area (Å²) in [7, 11) is 0. The van der Waals surface area contributed by atoms with Crippen LogP contribution in [0.5, 0.6) is 0 Å². The fourth-order valence-corrected chi connectivity index (χ4v) is 3.40. The summed E-state index contributed by atoms with van der Waals surface area (Å²) in [4.78, 5) is 0. The first-order chi connectivity index (χ1) is 9.84. The monoisotopic (exact) mass is 324 g/mol. The zero-order valence-electron chi connectivity index (χ0n) is 11.3. The van der Waals surface area contributed by atoms with E-state index in [-0.39, 0.29) is 17.0 Å². The normalized spacial score (nSPS) is 24.9. The zero-order valence-corrected chi connectivity index (χ0v) is 12.0. The minimum Gasteiger partial charge on any atom is -0.271 e. The molecule has 1 fully saturated rings. The molecule has 0 radical (unpaired) electrons. The van der Waals surface area contributed by atoms with Crippen LogP contribution in [0.15, 0.2) is 18.2 Å². The van der Waals surface area contributed by atoms with Gasteiger partial charge in [-0.05, 0) is 42.5 Å². The first kappa shape index (κ1) is 16.5. The summed E-state index contributed by atoms with van der Waals surface area (Å²) in [5.74, 6) is 2.72. The standard InChI is InChI=1S/C14H17ClF4N2/c15-12-6-5-8(16)7-10(12)13(21-20)9-3-1-2-4-11(9)14(17,18)19/h5-7,9,11,13,21H,1-4,20H2. The van der Waals surface area contributed by atoms with Crippen LogP contribution in [0.25, 0.3) is 0 Å². The maximum atomic E-state index is 13.4. The average molecular weight is 325 g/mol. The molecular weight excluding hydrogens is 308 g/mol. The molecule has 1 saturated carbocycles. The van der Waals surface area contributed by atoms with Crippen LogP contribution in [0, 0.1) is 17.7 Å². The number of hydrogen-bond donors (Lipinski definition) is 2. The fourth-order valence-electron chi connectivity index (χ4n) is 3.16. The lowest BCUT2D eigenvalue weighted by atomic mass is 9.73. The quantitative estimate of drug-likeness (QED) is 0.493.